The second kappa shape index (κ2) is 7.46. The summed E-state index contributed by atoms with van der Waals surface area (Å²) in [5, 5.41) is 11.8. The van der Waals surface area contributed by atoms with E-state index in [1.54, 1.807) is 18.2 Å². The highest BCUT2D eigenvalue weighted by Gasteiger charge is 2.38. The number of aromatic amines is 1. The van der Waals surface area contributed by atoms with Crippen molar-refractivity contribution in [3.05, 3.63) is 76.5 Å². The predicted molar refractivity (Wildman–Crippen MR) is 110 cm³/mol. The molecular formula is C21H22N4O3S. The summed E-state index contributed by atoms with van der Waals surface area (Å²) in [5.41, 5.74) is 3.96. The van der Waals surface area contributed by atoms with Crippen molar-refractivity contribution in [2.24, 2.45) is 0 Å². The molecular weight excluding hydrogens is 388 g/mol. The summed E-state index contributed by atoms with van der Waals surface area (Å²) in [4.78, 5) is 12.8. The minimum Gasteiger partial charge on any atom is -0.309 e. The summed E-state index contributed by atoms with van der Waals surface area (Å²) in [6.45, 7) is 4.15. The lowest BCUT2D eigenvalue weighted by Gasteiger charge is -2.15. The molecule has 0 aliphatic carbocycles. The van der Waals surface area contributed by atoms with Crippen LogP contribution in [0.4, 0.5) is 5.82 Å². The number of aromatic nitrogens is 2. The van der Waals surface area contributed by atoms with Crippen molar-refractivity contribution in [3.8, 4) is 0 Å². The normalized spacial score (nSPS) is 15.9. The zero-order chi connectivity index (χ0) is 20.6. The maximum absolute atomic E-state index is 13.2. The van der Waals surface area contributed by atoms with Gasteiger partial charge in [0.25, 0.3) is 0 Å². The molecule has 1 amide bonds. The molecule has 29 heavy (non-hydrogen) atoms. The van der Waals surface area contributed by atoms with Gasteiger partial charge < -0.3 is 5.32 Å². The van der Waals surface area contributed by atoms with Crippen LogP contribution in [0.2, 0.25) is 0 Å². The summed E-state index contributed by atoms with van der Waals surface area (Å²) in [5.74, 6) is 0.00684. The van der Waals surface area contributed by atoms with Crippen LogP contribution < -0.4 is 10.6 Å². The fourth-order valence-corrected chi connectivity index (χ4v) is 5.33. The molecule has 3 N–H and O–H groups in total. The standard InChI is InChI=1S/C21H22N4O3S/c1-13-5-3-7-15(9-13)11-18(26)23-20-19-17(24-25-20)12-22-21(19)29(27,28)16-8-4-6-14(2)10-16/h3-10,21-22H,11-12H2,1-2H3,(H2,23,24,25,26). The number of rotatable bonds is 5. The summed E-state index contributed by atoms with van der Waals surface area (Å²) >= 11 is 0. The Morgan fingerprint density at radius 1 is 1.14 bits per heavy atom. The number of fused-ring (bicyclic) bond motifs is 1. The molecule has 4 rings (SSSR count). The maximum Gasteiger partial charge on any atom is 0.230 e. The van der Waals surface area contributed by atoms with Crippen LogP contribution in [0.15, 0.2) is 53.4 Å². The Balaban J connectivity index is 1.59. The van der Waals surface area contributed by atoms with Gasteiger partial charge in [-0.25, -0.2) is 8.42 Å². The molecule has 1 unspecified atom stereocenters. The topological polar surface area (TPSA) is 104 Å². The minimum atomic E-state index is -3.69. The van der Waals surface area contributed by atoms with Gasteiger partial charge in [-0.05, 0) is 37.1 Å². The molecule has 0 spiro atoms. The molecule has 0 saturated carbocycles. The molecule has 1 aliphatic heterocycles. The Morgan fingerprint density at radius 3 is 2.59 bits per heavy atom. The highest BCUT2D eigenvalue weighted by Crippen LogP contribution is 2.37. The molecule has 2 aromatic carbocycles. The predicted octanol–water partition coefficient (Wildman–Crippen LogP) is 2.78. The van der Waals surface area contributed by atoms with E-state index in [-0.39, 0.29) is 23.0 Å². The Labute approximate surface area is 169 Å². The van der Waals surface area contributed by atoms with Crippen molar-refractivity contribution in [3.63, 3.8) is 0 Å². The largest absolute Gasteiger partial charge is 0.309 e. The Morgan fingerprint density at radius 2 is 1.86 bits per heavy atom. The lowest BCUT2D eigenvalue weighted by Crippen LogP contribution is -2.24. The first-order chi connectivity index (χ1) is 13.8. The van der Waals surface area contributed by atoms with E-state index < -0.39 is 15.2 Å². The Hall–Kier alpha value is -2.97. The number of carbonyl (C=O) groups is 1. The van der Waals surface area contributed by atoms with Crippen LogP contribution in [-0.4, -0.2) is 24.5 Å². The zero-order valence-electron chi connectivity index (χ0n) is 16.2. The van der Waals surface area contributed by atoms with Crippen molar-refractivity contribution < 1.29 is 13.2 Å². The maximum atomic E-state index is 13.2. The van der Waals surface area contributed by atoms with E-state index >= 15 is 0 Å². The van der Waals surface area contributed by atoms with E-state index in [1.807, 2.05) is 44.2 Å². The monoisotopic (exact) mass is 410 g/mol. The zero-order valence-corrected chi connectivity index (χ0v) is 17.0. The third kappa shape index (κ3) is 3.81. The van der Waals surface area contributed by atoms with E-state index in [1.165, 1.54) is 0 Å². The lowest BCUT2D eigenvalue weighted by atomic mass is 10.1. The van der Waals surface area contributed by atoms with Gasteiger partial charge in [-0.15, -0.1) is 0 Å². The molecule has 3 aromatic rings. The first-order valence-corrected chi connectivity index (χ1v) is 10.9. The quantitative estimate of drug-likeness (QED) is 0.600. The number of aryl methyl sites for hydroxylation is 2. The molecule has 150 valence electrons. The van der Waals surface area contributed by atoms with Gasteiger partial charge in [0.15, 0.2) is 15.7 Å². The number of anilines is 1. The SMILES string of the molecule is Cc1cccc(CC(=O)Nc2n[nH]c3c2C(S(=O)(=O)c2cccc(C)c2)NC3)c1. The van der Waals surface area contributed by atoms with Crippen molar-refractivity contribution >= 4 is 21.6 Å². The number of sulfone groups is 1. The molecule has 8 heteroatoms. The molecule has 1 aliphatic rings. The average molecular weight is 410 g/mol. The van der Waals surface area contributed by atoms with Crippen molar-refractivity contribution in [2.75, 3.05) is 5.32 Å². The molecule has 1 aromatic heterocycles. The molecule has 0 bridgehead atoms. The summed E-state index contributed by atoms with van der Waals surface area (Å²) in [6.07, 6.45) is 0.187. The fourth-order valence-electron chi connectivity index (χ4n) is 3.57. The minimum absolute atomic E-state index is 0.187. The number of benzene rings is 2. The number of hydrogen-bond acceptors (Lipinski definition) is 5. The average Bonchev–Trinajstić information content (AvgIpc) is 3.25. The molecule has 0 fully saturated rings. The van der Waals surface area contributed by atoms with Gasteiger partial charge >= 0.3 is 0 Å². The van der Waals surface area contributed by atoms with Crippen LogP contribution in [0.25, 0.3) is 0 Å². The first kappa shape index (κ1) is 19.4. The Bertz CT molecular complexity index is 1180. The molecule has 0 saturated heterocycles. The highest BCUT2D eigenvalue weighted by atomic mass is 32.2. The highest BCUT2D eigenvalue weighted by molar-refractivity contribution is 7.91. The summed E-state index contributed by atoms with van der Waals surface area (Å²) in [6, 6.07) is 14.5. The summed E-state index contributed by atoms with van der Waals surface area (Å²) < 4.78 is 26.4. The van der Waals surface area contributed by atoms with Gasteiger partial charge in [0.1, 0.15) is 5.37 Å². The van der Waals surface area contributed by atoms with E-state index in [2.05, 4.69) is 20.8 Å². The van der Waals surface area contributed by atoms with Crippen LogP contribution in [0.3, 0.4) is 0 Å². The van der Waals surface area contributed by atoms with Crippen LogP contribution >= 0.6 is 0 Å². The van der Waals surface area contributed by atoms with Crippen molar-refractivity contribution in [2.45, 2.75) is 37.1 Å². The van der Waals surface area contributed by atoms with Gasteiger partial charge in [-0.2, -0.15) is 5.10 Å². The lowest BCUT2D eigenvalue weighted by molar-refractivity contribution is -0.115. The fraction of sp³-hybridized carbons (Fsp3) is 0.238. The van der Waals surface area contributed by atoms with E-state index in [0.717, 1.165) is 16.7 Å². The van der Waals surface area contributed by atoms with Crippen molar-refractivity contribution in [1.29, 1.82) is 0 Å². The van der Waals surface area contributed by atoms with Gasteiger partial charge in [0.2, 0.25) is 5.91 Å². The van der Waals surface area contributed by atoms with Crippen LogP contribution in [0.5, 0.6) is 0 Å². The van der Waals surface area contributed by atoms with Gasteiger partial charge in [-0.3, -0.25) is 15.2 Å². The van der Waals surface area contributed by atoms with Crippen molar-refractivity contribution in [1.82, 2.24) is 15.5 Å². The van der Waals surface area contributed by atoms with Crippen LogP contribution in [0.1, 0.15) is 33.3 Å². The number of carbonyl (C=O) groups excluding carboxylic acids is 1. The van der Waals surface area contributed by atoms with E-state index in [0.29, 0.717) is 17.8 Å². The number of hydrogen-bond donors (Lipinski definition) is 3. The second-order valence-corrected chi connectivity index (χ2v) is 9.33. The van der Waals surface area contributed by atoms with Crippen LogP contribution in [-0.2, 0) is 27.6 Å². The van der Waals surface area contributed by atoms with Gasteiger partial charge in [0.05, 0.1) is 22.6 Å². The third-order valence-corrected chi connectivity index (χ3v) is 6.88. The van der Waals surface area contributed by atoms with Gasteiger partial charge in [0, 0.05) is 6.54 Å². The number of nitrogens with one attached hydrogen (secondary N) is 3. The number of H-pyrrole nitrogens is 1. The Kier molecular flexibility index (Phi) is 4.97. The molecule has 0 radical (unpaired) electrons. The van der Waals surface area contributed by atoms with Gasteiger partial charge in [-0.1, -0.05) is 42.0 Å². The van der Waals surface area contributed by atoms with E-state index in [9.17, 15) is 13.2 Å². The molecule has 1 atom stereocenters. The first-order valence-electron chi connectivity index (χ1n) is 9.31. The molecule has 2 heterocycles. The third-order valence-electron chi connectivity index (χ3n) is 4.94. The second-order valence-electron chi connectivity index (χ2n) is 7.30. The van der Waals surface area contributed by atoms with Crippen LogP contribution in [0, 0.1) is 13.8 Å². The smallest absolute Gasteiger partial charge is 0.230 e. The number of amides is 1. The number of nitrogens with zero attached hydrogens (tertiary/aromatic N) is 1. The van der Waals surface area contributed by atoms with E-state index in [4.69, 9.17) is 0 Å². The summed E-state index contributed by atoms with van der Waals surface area (Å²) in [7, 11) is -3.69. The molecule has 7 nitrogen and oxygen atoms in total.